The molecule has 0 aliphatic rings. The molecule has 0 unspecified atom stereocenters. The van der Waals surface area contributed by atoms with Gasteiger partial charge in [0.25, 0.3) is 0 Å². The van der Waals surface area contributed by atoms with Crippen molar-refractivity contribution in [2.24, 2.45) is 0 Å². The van der Waals surface area contributed by atoms with Crippen molar-refractivity contribution in [3.63, 3.8) is 0 Å². The number of rotatable bonds is 5. The number of fused-ring (bicyclic) bond motifs is 1. The molecule has 0 saturated carbocycles. The molecule has 1 amide bonds. The molecule has 1 atom stereocenters. The molecular formula is C24H18ClN3O. The van der Waals surface area contributed by atoms with Crippen LogP contribution < -0.4 is 5.32 Å². The van der Waals surface area contributed by atoms with E-state index in [1.54, 1.807) is 12.1 Å². The Hall–Kier alpha value is -3.55. The lowest BCUT2D eigenvalue weighted by Crippen LogP contribution is -2.16. The van der Waals surface area contributed by atoms with Gasteiger partial charge in [0.15, 0.2) is 0 Å². The van der Waals surface area contributed by atoms with E-state index in [9.17, 15) is 10.1 Å². The van der Waals surface area contributed by atoms with Crippen LogP contribution in [0.5, 0.6) is 0 Å². The summed E-state index contributed by atoms with van der Waals surface area (Å²) in [6.07, 6.45) is 2.12. The van der Waals surface area contributed by atoms with Crippen molar-refractivity contribution in [1.29, 1.82) is 5.26 Å². The minimum absolute atomic E-state index is 0.120. The van der Waals surface area contributed by atoms with Crippen LogP contribution in [0.2, 0.25) is 5.02 Å². The number of hydrogen-bond donors (Lipinski definition) is 2. The molecule has 5 heteroatoms. The van der Waals surface area contributed by atoms with Crippen LogP contribution >= 0.6 is 11.6 Å². The van der Waals surface area contributed by atoms with Crippen LogP contribution in [0.15, 0.2) is 79.0 Å². The van der Waals surface area contributed by atoms with E-state index in [4.69, 9.17) is 11.6 Å². The second-order valence-electron chi connectivity index (χ2n) is 6.78. The number of H-pyrrole nitrogens is 1. The molecule has 0 fully saturated rings. The van der Waals surface area contributed by atoms with E-state index in [1.807, 2.05) is 66.9 Å². The van der Waals surface area contributed by atoms with Crippen molar-refractivity contribution in [1.82, 2.24) is 4.98 Å². The summed E-state index contributed by atoms with van der Waals surface area (Å²) in [7, 11) is 0. The molecule has 0 bridgehead atoms. The molecule has 0 aliphatic heterocycles. The normalized spacial score (nSPS) is 11.7. The van der Waals surface area contributed by atoms with Crippen LogP contribution in [0.1, 0.15) is 29.0 Å². The van der Waals surface area contributed by atoms with E-state index in [1.165, 1.54) is 0 Å². The molecule has 1 aromatic heterocycles. The number of nitrogens with zero attached hydrogens (tertiary/aromatic N) is 1. The number of para-hydroxylation sites is 2. The van der Waals surface area contributed by atoms with E-state index in [0.29, 0.717) is 10.6 Å². The highest BCUT2D eigenvalue weighted by Crippen LogP contribution is 2.38. The van der Waals surface area contributed by atoms with Gasteiger partial charge in [-0.2, -0.15) is 5.26 Å². The molecule has 142 valence electrons. The molecule has 0 spiro atoms. The van der Waals surface area contributed by atoms with Gasteiger partial charge in [-0.05, 0) is 35.4 Å². The lowest BCUT2D eigenvalue weighted by Gasteiger charge is -2.19. The van der Waals surface area contributed by atoms with Gasteiger partial charge in [0.05, 0.1) is 10.6 Å². The van der Waals surface area contributed by atoms with Crippen molar-refractivity contribution < 1.29 is 4.79 Å². The average Bonchev–Trinajstić information content (AvgIpc) is 3.17. The summed E-state index contributed by atoms with van der Waals surface area (Å²) in [6, 6.07) is 24.8. The Morgan fingerprint density at radius 1 is 1.00 bits per heavy atom. The predicted molar refractivity (Wildman–Crippen MR) is 116 cm³/mol. The average molecular weight is 400 g/mol. The number of carbonyl (C=O) groups is 1. The van der Waals surface area contributed by atoms with Crippen LogP contribution in [0.4, 0.5) is 5.69 Å². The van der Waals surface area contributed by atoms with Crippen LogP contribution in [-0.4, -0.2) is 10.9 Å². The molecule has 4 rings (SSSR count). The lowest BCUT2D eigenvalue weighted by molar-refractivity contribution is -0.116. The third kappa shape index (κ3) is 3.87. The SMILES string of the molecule is N#Cc1cccc([C@@H](CC(=O)Nc2ccccc2)c2c[nH]c3ccccc23)c1Cl. The van der Waals surface area contributed by atoms with Crippen molar-refractivity contribution in [3.8, 4) is 6.07 Å². The maximum Gasteiger partial charge on any atom is 0.225 e. The van der Waals surface area contributed by atoms with E-state index in [-0.39, 0.29) is 18.2 Å². The summed E-state index contributed by atoms with van der Waals surface area (Å²) >= 11 is 6.55. The van der Waals surface area contributed by atoms with Crippen LogP contribution in [0.25, 0.3) is 10.9 Å². The van der Waals surface area contributed by atoms with Crippen molar-refractivity contribution in [2.45, 2.75) is 12.3 Å². The summed E-state index contributed by atoms with van der Waals surface area (Å²) in [5, 5.41) is 13.7. The number of anilines is 1. The number of nitrogens with one attached hydrogen (secondary N) is 2. The molecule has 0 saturated heterocycles. The summed E-state index contributed by atoms with van der Waals surface area (Å²) in [4.78, 5) is 16.1. The van der Waals surface area contributed by atoms with Crippen LogP contribution in [0.3, 0.4) is 0 Å². The first-order valence-corrected chi connectivity index (χ1v) is 9.64. The molecule has 4 nitrogen and oxygen atoms in total. The Morgan fingerprint density at radius 3 is 2.55 bits per heavy atom. The smallest absolute Gasteiger partial charge is 0.225 e. The van der Waals surface area contributed by atoms with E-state index in [2.05, 4.69) is 16.4 Å². The van der Waals surface area contributed by atoms with E-state index < -0.39 is 0 Å². The Balaban J connectivity index is 1.76. The molecular weight excluding hydrogens is 382 g/mol. The number of carbonyl (C=O) groups excluding carboxylic acids is 1. The first-order valence-electron chi connectivity index (χ1n) is 9.27. The second kappa shape index (κ2) is 8.22. The fraction of sp³-hybridized carbons (Fsp3) is 0.0833. The van der Waals surface area contributed by atoms with Crippen molar-refractivity contribution >= 4 is 34.1 Å². The first kappa shape index (κ1) is 18.8. The fourth-order valence-electron chi connectivity index (χ4n) is 3.59. The van der Waals surface area contributed by atoms with Gasteiger partial charge in [-0.25, -0.2) is 0 Å². The monoisotopic (exact) mass is 399 g/mol. The number of benzene rings is 3. The van der Waals surface area contributed by atoms with Gasteiger partial charge < -0.3 is 10.3 Å². The standard InChI is InChI=1S/C24H18ClN3O/c25-24-16(14-26)7-6-11-19(24)20(13-23(29)28-17-8-2-1-3-9-17)21-15-27-22-12-5-4-10-18(21)22/h1-12,15,20,27H,13H2,(H,28,29)/t20-/m1/s1. The van der Waals surface area contributed by atoms with E-state index >= 15 is 0 Å². The molecule has 0 aliphatic carbocycles. The number of hydrogen-bond acceptors (Lipinski definition) is 2. The first-order chi connectivity index (χ1) is 14.2. The number of halogens is 1. The molecule has 29 heavy (non-hydrogen) atoms. The quantitative estimate of drug-likeness (QED) is 0.441. The third-order valence-electron chi connectivity index (χ3n) is 4.97. The van der Waals surface area contributed by atoms with Gasteiger partial charge in [-0.3, -0.25) is 4.79 Å². The number of aromatic amines is 1. The predicted octanol–water partition coefficient (Wildman–Crippen LogP) is 5.85. The van der Waals surface area contributed by atoms with Gasteiger partial charge in [0, 0.05) is 35.1 Å². The molecule has 2 N–H and O–H groups in total. The molecule has 1 heterocycles. The maximum absolute atomic E-state index is 12.9. The Labute approximate surface area is 173 Å². The molecule has 4 aromatic rings. The van der Waals surface area contributed by atoms with Gasteiger partial charge in [0.2, 0.25) is 5.91 Å². The third-order valence-corrected chi connectivity index (χ3v) is 5.39. The van der Waals surface area contributed by atoms with Gasteiger partial charge in [-0.15, -0.1) is 0 Å². The summed E-state index contributed by atoms with van der Waals surface area (Å²) in [5.74, 6) is -0.416. The molecule has 3 aromatic carbocycles. The highest BCUT2D eigenvalue weighted by molar-refractivity contribution is 6.32. The van der Waals surface area contributed by atoms with Crippen molar-refractivity contribution in [3.05, 3.63) is 101 Å². The summed E-state index contributed by atoms with van der Waals surface area (Å²) < 4.78 is 0. The highest BCUT2D eigenvalue weighted by atomic mass is 35.5. The minimum atomic E-state index is -0.296. The van der Waals surface area contributed by atoms with Gasteiger partial charge >= 0.3 is 0 Å². The topological polar surface area (TPSA) is 68.7 Å². The zero-order valence-corrected chi connectivity index (χ0v) is 16.3. The van der Waals surface area contributed by atoms with Gasteiger partial charge in [-0.1, -0.05) is 60.1 Å². The number of amides is 1. The fourth-order valence-corrected chi connectivity index (χ4v) is 3.89. The maximum atomic E-state index is 12.9. The van der Waals surface area contributed by atoms with Crippen LogP contribution in [0, 0.1) is 11.3 Å². The largest absolute Gasteiger partial charge is 0.361 e. The number of aromatic nitrogens is 1. The Morgan fingerprint density at radius 2 is 1.76 bits per heavy atom. The van der Waals surface area contributed by atoms with Crippen molar-refractivity contribution in [2.75, 3.05) is 5.32 Å². The number of nitriles is 1. The zero-order valence-electron chi connectivity index (χ0n) is 15.5. The van der Waals surface area contributed by atoms with E-state index in [0.717, 1.165) is 27.7 Å². The summed E-state index contributed by atoms with van der Waals surface area (Å²) in [5.41, 5.74) is 3.87. The molecule has 0 radical (unpaired) electrons. The highest BCUT2D eigenvalue weighted by Gasteiger charge is 2.24. The second-order valence-corrected chi connectivity index (χ2v) is 7.16. The Bertz CT molecular complexity index is 1210. The Kier molecular flexibility index (Phi) is 5.33. The minimum Gasteiger partial charge on any atom is -0.361 e. The van der Waals surface area contributed by atoms with Gasteiger partial charge in [0.1, 0.15) is 6.07 Å². The zero-order chi connectivity index (χ0) is 20.2. The summed E-state index contributed by atoms with van der Waals surface area (Å²) in [6.45, 7) is 0. The lowest BCUT2D eigenvalue weighted by atomic mass is 9.87. The van der Waals surface area contributed by atoms with Crippen LogP contribution in [-0.2, 0) is 4.79 Å².